The van der Waals surface area contributed by atoms with E-state index < -0.39 is 0 Å². The number of aromatic nitrogens is 1. The van der Waals surface area contributed by atoms with E-state index in [0.29, 0.717) is 0 Å². The fraction of sp³-hybridized carbons (Fsp3) is 0.400. The summed E-state index contributed by atoms with van der Waals surface area (Å²) in [5.41, 5.74) is 8.62. The second-order valence-electron chi connectivity index (χ2n) is 3.41. The minimum Gasteiger partial charge on any atom is -0.384 e. The van der Waals surface area contributed by atoms with Crippen LogP contribution in [0.2, 0.25) is 0 Å². The van der Waals surface area contributed by atoms with Gasteiger partial charge in [0.15, 0.2) is 0 Å². The summed E-state index contributed by atoms with van der Waals surface area (Å²) in [6.45, 7) is 0. The van der Waals surface area contributed by atoms with E-state index in [0.717, 1.165) is 30.5 Å². The number of hydrogen-bond acceptors (Lipinski definition) is 2. The van der Waals surface area contributed by atoms with E-state index in [1.54, 1.807) is 0 Å². The molecule has 68 valence electrons. The number of hydrogen-bond donors (Lipinski definition) is 2. The first-order valence-electron chi connectivity index (χ1n) is 4.60. The van der Waals surface area contributed by atoms with Crippen LogP contribution in [0.4, 0.5) is 0 Å². The molecule has 13 heavy (non-hydrogen) atoms. The Kier molecular flexibility index (Phi) is 2.00. The molecule has 0 saturated carbocycles. The van der Waals surface area contributed by atoms with Gasteiger partial charge in [0.25, 0.3) is 0 Å². The number of amidine groups is 1. The van der Waals surface area contributed by atoms with E-state index in [1.807, 2.05) is 12.3 Å². The van der Waals surface area contributed by atoms with Crippen molar-refractivity contribution >= 4 is 5.84 Å². The van der Waals surface area contributed by atoms with E-state index in [2.05, 4.69) is 4.98 Å². The second kappa shape index (κ2) is 3.17. The maximum atomic E-state index is 7.49. The molecule has 0 aliphatic heterocycles. The number of fused-ring (bicyclic) bond motifs is 2. The highest BCUT2D eigenvalue weighted by Crippen LogP contribution is 2.20. The summed E-state index contributed by atoms with van der Waals surface area (Å²) in [6.07, 6.45) is 6.14. The summed E-state index contributed by atoms with van der Waals surface area (Å²) in [4.78, 5) is 4.27. The van der Waals surface area contributed by atoms with Gasteiger partial charge in [-0.05, 0) is 37.3 Å². The smallest absolute Gasteiger partial charge is 0.124 e. The lowest BCUT2D eigenvalue weighted by atomic mass is 10.0. The van der Waals surface area contributed by atoms with Gasteiger partial charge in [-0.3, -0.25) is 10.4 Å². The van der Waals surface area contributed by atoms with Crippen LogP contribution < -0.4 is 5.73 Å². The Balaban J connectivity index is 2.58. The summed E-state index contributed by atoms with van der Waals surface area (Å²) in [7, 11) is 0. The minimum absolute atomic E-state index is 0.167. The van der Waals surface area contributed by atoms with Gasteiger partial charge in [-0.15, -0.1) is 0 Å². The molecular formula is C10H13N3. The second-order valence-corrected chi connectivity index (χ2v) is 3.41. The molecule has 0 fully saturated rings. The lowest BCUT2D eigenvalue weighted by molar-refractivity contribution is 0.747. The van der Waals surface area contributed by atoms with Crippen LogP contribution >= 0.6 is 0 Å². The summed E-state index contributed by atoms with van der Waals surface area (Å²) >= 11 is 0. The van der Waals surface area contributed by atoms with Gasteiger partial charge in [-0.1, -0.05) is 0 Å². The normalized spacial score (nSPS) is 15.1. The van der Waals surface area contributed by atoms with Crippen molar-refractivity contribution in [1.29, 1.82) is 5.41 Å². The highest BCUT2D eigenvalue weighted by Gasteiger charge is 2.14. The van der Waals surface area contributed by atoms with E-state index in [-0.39, 0.29) is 5.84 Å². The average molecular weight is 175 g/mol. The van der Waals surface area contributed by atoms with Crippen LogP contribution in [0, 0.1) is 5.41 Å². The molecule has 1 aromatic heterocycles. The number of pyridine rings is 1. The zero-order valence-electron chi connectivity index (χ0n) is 7.51. The van der Waals surface area contributed by atoms with Crippen molar-refractivity contribution in [1.82, 2.24) is 4.98 Å². The molecule has 1 heterocycles. The van der Waals surface area contributed by atoms with Crippen molar-refractivity contribution in [3.05, 3.63) is 29.1 Å². The highest BCUT2D eigenvalue weighted by molar-refractivity contribution is 5.97. The summed E-state index contributed by atoms with van der Waals surface area (Å²) in [5, 5.41) is 7.49. The van der Waals surface area contributed by atoms with Crippen molar-refractivity contribution in [2.75, 3.05) is 0 Å². The molecule has 0 amide bonds. The van der Waals surface area contributed by atoms with Gasteiger partial charge >= 0.3 is 0 Å². The Morgan fingerprint density at radius 1 is 1.38 bits per heavy atom. The fourth-order valence-electron chi connectivity index (χ4n) is 1.88. The van der Waals surface area contributed by atoms with Crippen LogP contribution in [-0.2, 0) is 12.8 Å². The van der Waals surface area contributed by atoms with Crippen LogP contribution in [0.5, 0.6) is 0 Å². The third-order valence-electron chi connectivity index (χ3n) is 2.49. The monoisotopic (exact) mass is 175 g/mol. The van der Waals surface area contributed by atoms with Gasteiger partial charge < -0.3 is 5.73 Å². The third-order valence-corrected chi connectivity index (χ3v) is 2.49. The zero-order chi connectivity index (χ0) is 9.26. The SMILES string of the molecule is N=C(N)c1c2ccnc1CCCC2. The van der Waals surface area contributed by atoms with Crippen molar-refractivity contribution < 1.29 is 0 Å². The molecule has 3 N–H and O–H groups in total. The average Bonchev–Trinajstić information content (AvgIpc) is 2.22. The van der Waals surface area contributed by atoms with Crippen molar-refractivity contribution in [2.24, 2.45) is 5.73 Å². The number of nitrogens with two attached hydrogens (primary N) is 1. The lowest BCUT2D eigenvalue weighted by Gasteiger charge is -2.07. The Morgan fingerprint density at radius 3 is 2.92 bits per heavy atom. The topological polar surface area (TPSA) is 62.8 Å². The van der Waals surface area contributed by atoms with Crippen molar-refractivity contribution in [3.8, 4) is 0 Å². The quantitative estimate of drug-likeness (QED) is 0.498. The minimum atomic E-state index is 0.167. The van der Waals surface area contributed by atoms with E-state index in [4.69, 9.17) is 11.1 Å². The number of aryl methyl sites for hydroxylation is 2. The first-order valence-corrected chi connectivity index (χ1v) is 4.60. The molecule has 0 aromatic carbocycles. The van der Waals surface area contributed by atoms with Crippen LogP contribution in [0.25, 0.3) is 0 Å². The Labute approximate surface area is 77.5 Å². The molecule has 0 radical (unpaired) electrons. The molecule has 3 heteroatoms. The van der Waals surface area contributed by atoms with Crippen LogP contribution in [-0.4, -0.2) is 10.8 Å². The summed E-state index contributed by atoms with van der Waals surface area (Å²) < 4.78 is 0. The molecule has 0 unspecified atom stereocenters. The summed E-state index contributed by atoms with van der Waals surface area (Å²) in [5.74, 6) is 0.167. The molecule has 0 saturated heterocycles. The molecule has 2 rings (SSSR count). The molecule has 3 nitrogen and oxygen atoms in total. The summed E-state index contributed by atoms with van der Waals surface area (Å²) in [6, 6.07) is 1.98. The molecule has 1 aliphatic rings. The fourth-order valence-corrected chi connectivity index (χ4v) is 1.88. The lowest BCUT2D eigenvalue weighted by Crippen LogP contribution is -2.16. The van der Waals surface area contributed by atoms with Gasteiger partial charge in [0, 0.05) is 11.8 Å². The predicted octanol–water partition coefficient (Wildman–Crippen LogP) is 1.24. The van der Waals surface area contributed by atoms with Crippen LogP contribution in [0.3, 0.4) is 0 Å². The first-order chi connectivity index (χ1) is 6.29. The maximum absolute atomic E-state index is 7.49. The highest BCUT2D eigenvalue weighted by atomic mass is 14.7. The first kappa shape index (κ1) is 8.23. The number of nitrogen functional groups attached to an aromatic ring is 1. The van der Waals surface area contributed by atoms with Gasteiger partial charge in [-0.2, -0.15) is 0 Å². The Hall–Kier alpha value is -1.38. The number of nitrogens with zero attached hydrogens (tertiary/aromatic N) is 1. The zero-order valence-corrected chi connectivity index (χ0v) is 7.51. The van der Waals surface area contributed by atoms with Gasteiger partial charge in [0.05, 0.1) is 5.69 Å². The largest absolute Gasteiger partial charge is 0.384 e. The molecule has 2 bridgehead atoms. The van der Waals surface area contributed by atoms with E-state index in [9.17, 15) is 0 Å². The van der Waals surface area contributed by atoms with E-state index in [1.165, 1.54) is 12.0 Å². The van der Waals surface area contributed by atoms with Crippen LogP contribution in [0.15, 0.2) is 12.3 Å². The van der Waals surface area contributed by atoms with Gasteiger partial charge in [-0.25, -0.2) is 0 Å². The molecule has 1 aromatic rings. The Morgan fingerprint density at radius 2 is 2.15 bits per heavy atom. The predicted molar refractivity (Wildman–Crippen MR) is 51.9 cm³/mol. The number of rotatable bonds is 1. The molecular weight excluding hydrogens is 162 g/mol. The third kappa shape index (κ3) is 1.41. The van der Waals surface area contributed by atoms with Crippen molar-refractivity contribution in [3.63, 3.8) is 0 Å². The molecule has 0 atom stereocenters. The van der Waals surface area contributed by atoms with Gasteiger partial charge in [0.2, 0.25) is 0 Å². The Bertz CT molecular complexity index is 320. The van der Waals surface area contributed by atoms with Gasteiger partial charge in [0.1, 0.15) is 5.84 Å². The van der Waals surface area contributed by atoms with E-state index >= 15 is 0 Å². The maximum Gasteiger partial charge on any atom is 0.124 e. The molecule has 1 aliphatic carbocycles. The molecule has 0 spiro atoms. The van der Waals surface area contributed by atoms with Crippen LogP contribution in [0.1, 0.15) is 29.7 Å². The number of nitrogens with one attached hydrogen (secondary N) is 1. The van der Waals surface area contributed by atoms with Crippen molar-refractivity contribution in [2.45, 2.75) is 25.7 Å². The standard InChI is InChI=1S/C10H13N3/c11-10(12)9-7-3-1-2-4-8(9)13-6-5-7/h5-6H,1-4H2,(H3,11,12).